The highest BCUT2D eigenvalue weighted by atomic mass is 16.2. The van der Waals surface area contributed by atoms with E-state index in [2.05, 4.69) is 47.5 Å². The van der Waals surface area contributed by atoms with E-state index < -0.39 is 0 Å². The van der Waals surface area contributed by atoms with Gasteiger partial charge in [-0.25, -0.2) is 4.79 Å². The molecule has 0 atom stereocenters. The molecule has 0 saturated carbocycles. The second-order valence-electron chi connectivity index (χ2n) is 7.32. The van der Waals surface area contributed by atoms with Crippen LogP contribution in [0.15, 0.2) is 24.3 Å². The molecule has 2 aliphatic rings. The van der Waals surface area contributed by atoms with Gasteiger partial charge in [-0.05, 0) is 43.7 Å². The first kappa shape index (κ1) is 17.8. The van der Waals surface area contributed by atoms with Gasteiger partial charge in [0, 0.05) is 44.7 Å². The molecule has 2 aliphatic heterocycles. The van der Waals surface area contributed by atoms with Gasteiger partial charge in [-0.3, -0.25) is 4.90 Å². The summed E-state index contributed by atoms with van der Waals surface area (Å²) in [6, 6.07) is 11.2. The lowest BCUT2D eigenvalue weighted by Gasteiger charge is -2.35. The van der Waals surface area contributed by atoms with E-state index in [1.54, 1.807) is 0 Å². The molecule has 0 spiro atoms. The summed E-state index contributed by atoms with van der Waals surface area (Å²) in [4.78, 5) is 16.7. The molecular formula is C20H28N4O. The normalized spacial score (nSPS) is 20.2. The van der Waals surface area contributed by atoms with Gasteiger partial charge >= 0.3 is 6.03 Å². The summed E-state index contributed by atoms with van der Waals surface area (Å²) in [7, 11) is 0. The van der Waals surface area contributed by atoms with Crippen molar-refractivity contribution in [3.05, 3.63) is 35.4 Å². The van der Waals surface area contributed by atoms with Crippen molar-refractivity contribution in [2.75, 3.05) is 26.2 Å². The van der Waals surface area contributed by atoms with Crippen molar-refractivity contribution in [1.29, 1.82) is 5.26 Å². The average Bonchev–Trinajstić information content (AvgIpc) is 2.65. The minimum absolute atomic E-state index is 0.0498. The number of carbonyl (C=O) groups excluding carboxylic acids is 1. The number of rotatable bonds is 3. The monoisotopic (exact) mass is 340 g/mol. The second-order valence-corrected chi connectivity index (χ2v) is 7.32. The van der Waals surface area contributed by atoms with Crippen LogP contribution < -0.4 is 5.32 Å². The maximum Gasteiger partial charge on any atom is 0.317 e. The van der Waals surface area contributed by atoms with Gasteiger partial charge in [-0.2, -0.15) is 5.26 Å². The Hall–Kier alpha value is -2.06. The number of hydrogen-bond donors (Lipinski definition) is 1. The predicted molar refractivity (Wildman–Crippen MR) is 97.9 cm³/mol. The Morgan fingerprint density at radius 3 is 2.48 bits per heavy atom. The Labute approximate surface area is 150 Å². The van der Waals surface area contributed by atoms with E-state index in [0.717, 1.165) is 45.3 Å². The Morgan fingerprint density at radius 2 is 1.84 bits per heavy atom. The molecule has 0 radical (unpaired) electrons. The Kier molecular flexibility index (Phi) is 5.93. The molecule has 2 saturated heterocycles. The molecular weight excluding hydrogens is 312 g/mol. The van der Waals surface area contributed by atoms with Crippen molar-refractivity contribution in [2.45, 2.75) is 45.2 Å². The van der Waals surface area contributed by atoms with E-state index >= 15 is 0 Å². The third-order valence-corrected chi connectivity index (χ3v) is 5.54. The van der Waals surface area contributed by atoms with Gasteiger partial charge in [0.25, 0.3) is 0 Å². The van der Waals surface area contributed by atoms with Gasteiger partial charge in [-0.15, -0.1) is 0 Å². The highest BCUT2D eigenvalue weighted by Crippen LogP contribution is 2.18. The summed E-state index contributed by atoms with van der Waals surface area (Å²) in [5.74, 6) is 0.119. The highest BCUT2D eigenvalue weighted by Gasteiger charge is 2.26. The molecule has 2 fully saturated rings. The Bertz CT molecular complexity index is 623. The third kappa shape index (κ3) is 4.73. The summed E-state index contributed by atoms with van der Waals surface area (Å²) < 4.78 is 0. The number of hydrogen-bond acceptors (Lipinski definition) is 3. The molecule has 0 aliphatic carbocycles. The fraction of sp³-hybridized carbons (Fsp3) is 0.600. The molecule has 25 heavy (non-hydrogen) atoms. The van der Waals surface area contributed by atoms with E-state index in [4.69, 9.17) is 5.26 Å². The SMILES string of the molecule is Cc1ccccc1CN1CCC(NC(=O)N2CCC(C#N)CC2)CC1. The number of nitriles is 1. The smallest absolute Gasteiger partial charge is 0.317 e. The number of amides is 2. The van der Waals surface area contributed by atoms with Crippen LogP contribution in [0.1, 0.15) is 36.8 Å². The Balaban J connectivity index is 1.41. The van der Waals surface area contributed by atoms with Crippen LogP contribution in [0.5, 0.6) is 0 Å². The van der Waals surface area contributed by atoms with Crippen LogP contribution in [-0.4, -0.2) is 48.1 Å². The average molecular weight is 340 g/mol. The number of urea groups is 1. The van der Waals surface area contributed by atoms with E-state index in [-0.39, 0.29) is 18.0 Å². The third-order valence-electron chi connectivity index (χ3n) is 5.54. The van der Waals surface area contributed by atoms with Gasteiger partial charge in [0.15, 0.2) is 0 Å². The van der Waals surface area contributed by atoms with Crippen LogP contribution >= 0.6 is 0 Å². The van der Waals surface area contributed by atoms with Crippen molar-refractivity contribution < 1.29 is 4.79 Å². The first-order valence-corrected chi connectivity index (χ1v) is 9.37. The number of aryl methyl sites for hydroxylation is 1. The zero-order chi connectivity index (χ0) is 17.6. The van der Waals surface area contributed by atoms with E-state index in [0.29, 0.717) is 13.1 Å². The van der Waals surface area contributed by atoms with Crippen LogP contribution in [0.4, 0.5) is 4.79 Å². The summed E-state index contributed by atoms with van der Waals surface area (Å²) in [5.41, 5.74) is 2.74. The summed E-state index contributed by atoms with van der Waals surface area (Å²) in [6.07, 6.45) is 3.62. The summed E-state index contributed by atoms with van der Waals surface area (Å²) >= 11 is 0. The van der Waals surface area contributed by atoms with Crippen molar-refractivity contribution in [2.24, 2.45) is 5.92 Å². The molecule has 1 aromatic carbocycles. The number of nitrogens with one attached hydrogen (secondary N) is 1. The lowest BCUT2D eigenvalue weighted by Crippen LogP contribution is -2.50. The lowest BCUT2D eigenvalue weighted by atomic mass is 9.99. The Morgan fingerprint density at radius 1 is 1.16 bits per heavy atom. The maximum atomic E-state index is 12.4. The van der Waals surface area contributed by atoms with Crippen LogP contribution in [-0.2, 0) is 6.54 Å². The standard InChI is InChI=1S/C20H28N4O/c1-16-4-2-3-5-18(16)15-23-10-8-19(9-11-23)22-20(25)24-12-6-17(14-21)7-13-24/h2-5,17,19H,6-13,15H2,1H3,(H,22,25). The van der Waals surface area contributed by atoms with Crippen molar-refractivity contribution in [3.8, 4) is 6.07 Å². The highest BCUT2D eigenvalue weighted by molar-refractivity contribution is 5.74. The fourth-order valence-corrected chi connectivity index (χ4v) is 3.74. The first-order valence-electron chi connectivity index (χ1n) is 9.37. The molecule has 0 unspecified atom stereocenters. The van der Waals surface area contributed by atoms with E-state index in [9.17, 15) is 4.79 Å². The maximum absolute atomic E-state index is 12.4. The molecule has 3 rings (SSSR count). The number of likely N-dealkylation sites (tertiary alicyclic amines) is 2. The molecule has 0 bridgehead atoms. The van der Waals surface area contributed by atoms with Crippen molar-refractivity contribution >= 4 is 6.03 Å². The van der Waals surface area contributed by atoms with Gasteiger partial charge in [0.1, 0.15) is 0 Å². The number of benzene rings is 1. The number of carbonyl (C=O) groups is 1. The zero-order valence-corrected chi connectivity index (χ0v) is 15.1. The molecule has 5 heteroatoms. The molecule has 1 N–H and O–H groups in total. The van der Waals surface area contributed by atoms with Crippen molar-refractivity contribution in [1.82, 2.24) is 15.1 Å². The quantitative estimate of drug-likeness (QED) is 0.920. The molecule has 2 heterocycles. The minimum atomic E-state index is 0.0498. The van der Waals surface area contributed by atoms with Crippen LogP contribution in [0.3, 0.4) is 0 Å². The zero-order valence-electron chi connectivity index (χ0n) is 15.1. The predicted octanol–water partition coefficient (Wildman–Crippen LogP) is 2.90. The van der Waals surface area contributed by atoms with Crippen LogP contribution in [0, 0.1) is 24.2 Å². The second kappa shape index (κ2) is 8.35. The molecule has 0 aromatic heterocycles. The van der Waals surface area contributed by atoms with Gasteiger partial charge in [0.2, 0.25) is 0 Å². The van der Waals surface area contributed by atoms with Crippen LogP contribution in [0.2, 0.25) is 0 Å². The number of nitrogens with zero attached hydrogens (tertiary/aromatic N) is 3. The van der Waals surface area contributed by atoms with Gasteiger partial charge < -0.3 is 10.2 Å². The minimum Gasteiger partial charge on any atom is -0.335 e. The molecule has 1 aromatic rings. The van der Waals surface area contributed by atoms with Gasteiger partial charge in [0.05, 0.1) is 6.07 Å². The van der Waals surface area contributed by atoms with Crippen molar-refractivity contribution in [3.63, 3.8) is 0 Å². The number of piperidine rings is 2. The van der Waals surface area contributed by atoms with Gasteiger partial charge in [-0.1, -0.05) is 24.3 Å². The van der Waals surface area contributed by atoms with E-state index in [1.807, 2.05) is 4.90 Å². The molecule has 134 valence electrons. The first-order chi connectivity index (χ1) is 12.2. The largest absolute Gasteiger partial charge is 0.335 e. The molecule has 2 amide bonds. The summed E-state index contributed by atoms with van der Waals surface area (Å²) in [6.45, 7) is 6.62. The van der Waals surface area contributed by atoms with Crippen LogP contribution in [0.25, 0.3) is 0 Å². The molecule has 5 nitrogen and oxygen atoms in total. The summed E-state index contributed by atoms with van der Waals surface area (Å²) in [5, 5.41) is 12.1. The lowest BCUT2D eigenvalue weighted by molar-refractivity contribution is 0.158. The van der Waals surface area contributed by atoms with E-state index in [1.165, 1.54) is 11.1 Å². The topological polar surface area (TPSA) is 59.4 Å². The fourth-order valence-electron chi connectivity index (χ4n) is 3.74.